The molecule has 2 heterocycles. The number of aromatic nitrogens is 2. The van der Waals surface area contributed by atoms with E-state index in [1.165, 1.54) is 32.1 Å². The Morgan fingerprint density at radius 2 is 1.95 bits per heavy atom. The fourth-order valence-corrected chi connectivity index (χ4v) is 4.33. The summed E-state index contributed by atoms with van der Waals surface area (Å²) < 4.78 is 1.95. The number of anilines is 1. The fourth-order valence-electron chi connectivity index (χ4n) is 4.09. The Balaban J connectivity index is 1.88. The molecular weight excluding hydrogens is 268 g/mol. The first-order chi connectivity index (χ1) is 9.58. The molecule has 0 radical (unpaired) electrons. The standard InChI is InChI=1S/C15H24N4S/c1-10-13(14(16)20)15(18(2)17-10)19-8-7-11-5-3-4-6-12(11)9-19/h11-12H,3-9H2,1-2H3,(H2,16,20). The molecule has 1 aromatic rings. The van der Waals surface area contributed by atoms with Crippen LogP contribution in [0.1, 0.15) is 43.4 Å². The third-order valence-electron chi connectivity index (χ3n) is 5.03. The molecule has 20 heavy (non-hydrogen) atoms. The van der Waals surface area contributed by atoms with Crippen molar-refractivity contribution in [1.82, 2.24) is 9.78 Å². The third kappa shape index (κ3) is 2.32. The minimum absolute atomic E-state index is 0.469. The monoisotopic (exact) mass is 292 g/mol. The Bertz CT molecular complexity index is 522. The molecule has 5 heteroatoms. The molecule has 2 aliphatic rings. The molecule has 0 aromatic carbocycles. The van der Waals surface area contributed by atoms with Crippen molar-refractivity contribution in [2.24, 2.45) is 24.6 Å². The van der Waals surface area contributed by atoms with Crippen molar-refractivity contribution in [1.29, 1.82) is 0 Å². The van der Waals surface area contributed by atoms with Gasteiger partial charge in [-0.25, -0.2) is 0 Å². The van der Waals surface area contributed by atoms with Gasteiger partial charge in [-0.1, -0.05) is 31.5 Å². The molecule has 2 N–H and O–H groups in total. The maximum atomic E-state index is 5.92. The average Bonchev–Trinajstić information content (AvgIpc) is 2.73. The van der Waals surface area contributed by atoms with Gasteiger partial charge in [-0.2, -0.15) is 5.10 Å². The summed E-state index contributed by atoms with van der Waals surface area (Å²) in [6.07, 6.45) is 6.91. The summed E-state index contributed by atoms with van der Waals surface area (Å²) in [4.78, 5) is 2.93. The molecule has 0 bridgehead atoms. The summed E-state index contributed by atoms with van der Waals surface area (Å²) in [6, 6.07) is 0. The van der Waals surface area contributed by atoms with Crippen LogP contribution in [0.3, 0.4) is 0 Å². The van der Waals surface area contributed by atoms with Gasteiger partial charge in [-0.3, -0.25) is 4.68 Å². The van der Waals surface area contributed by atoms with Crippen molar-refractivity contribution in [2.45, 2.75) is 39.0 Å². The molecule has 0 amide bonds. The van der Waals surface area contributed by atoms with Crippen LogP contribution in [0.25, 0.3) is 0 Å². The first kappa shape index (κ1) is 13.9. The van der Waals surface area contributed by atoms with Crippen LogP contribution < -0.4 is 10.6 Å². The number of nitrogens with zero attached hydrogens (tertiary/aromatic N) is 3. The topological polar surface area (TPSA) is 47.1 Å². The van der Waals surface area contributed by atoms with Crippen LogP contribution in [0.5, 0.6) is 0 Å². The lowest BCUT2D eigenvalue weighted by Crippen LogP contribution is -2.43. The minimum Gasteiger partial charge on any atom is -0.389 e. The molecule has 1 saturated carbocycles. The first-order valence-corrected chi connectivity index (χ1v) is 8.07. The van der Waals surface area contributed by atoms with Gasteiger partial charge in [0.25, 0.3) is 0 Å². The predicted octanol–water partition coefficient (Wildman–Crippen LogP) is 2.38. The predicted molar refractivity (Wildman–Crippen MR) is 86.1 cm³/mol. The van der Waals surface area contributed by atoms with E-state index in [-0.39, 0.29) is 0 Å². The number of aryl methyl sites for hydroxylation is 2. The summed E-state index contributed by atoms with van der Waals surface area (Å²) in [7, 11) is 2.00. The van der Waals surface area contributed by atoms with Crippen molar-refractivity contribution in [3.05, 3.63) is 11.3 Å². The van der Waals surface area contributed by atoms with Crippen LogP contribution in [0.4, 0.5) is 5.82 Å². The Morgan fingerprint density at radius 1 is 1.25 bits per heavy atom. The second kappa shape index (κ2) is 5.35. The molecule has 1 aliphatic heterocycles. The number of hydrogen-bond donors (Lipinski definition) is 1. The Kier molecular flexibility index (Phi) is 3.71. The van der Waals surface area contributed by atoms with E-state index in [2.05, 4.69) is 10.00 Å². The molecule has 1 aliphatic carbocycles. The van der Waals surface area contributed by atoms with Crippen molar-refractivity contribution in [3.8, 4) is 0 Å². The Morgan fingerprint density at radius 3 is 2.65 bits per heavy atom. The van der Waals surface area contributed by atoms with Gasteiger partial charge in [-0.05, 0) is 31.6 Å². The molecule has 3 rings (SSSR count). The largest absolute Gasteiger partial charge is 0.389 e. The van der Waals surface area contributed by atoms with Crippen molar-refractivity contribution >= 4 is 23.0 Å². The van der Waals surface area contributed by atoms with Crippen LogP contribution in [-0.2, 0) is 7.05 Å². The molecule has 2 unspecified atom stereocenters. The zero-order valence-corrected chi connectivity index (χ0v) is 13.2. The molecular formula is C15H24N4S. The van der Waals surface area contributed by atoms with Gasteiger partial charge < -0.3 is 10.6 Å². The molecule has 1 saturated heterocycles. The second-order valence-corrected chi connectivity index (χ2v) is 6.75. The molecule has 4 nitrogen and oxygen atoms in total. The summed E-state index contributed by atoms with van der Waals surface area (Å²) in [5.74, 6) is 2.90. The maximum Gasteiger partial charge on any atom is 0.137 e. The fraction of sp³-hybridized carbons (Fsp3) is 0.733. The number of nitrogens with two attached hydrogens (primary N) is 1. The SMILES string of the molecule is Cc1nn(C)c(N2CCC3CCCCC3C2)c1C(N)=S. The smallest absolute Gasteiger partial charge is 0.137 e. The zero-order chi connectivity index (χ0) is 14.3. The van der Waals surface area contributed by atoms with Crippen LogP contribution >= 0.6 is 12.2 Å². The number of rotatable bonds is 2. The Labute approximate surface area is 126 Å². The lowest BCUT2D eigenvalue weighted by Gasteiger charge is -2.42. The van der Waals surface area contributed by atoms with E-state index in [0.717, 1.165) is 42.0 Å². The number of thiocarbonyl (C=S) groups is 1. The van der Waals surface area contributed by atoms with Crippen molar-refractivity contribution < 1.29 is 0 Å². The quantitative estimate of drug-likeness (QED) is 0.850. The van der Waals surface area contributed by atoms with Gasteiger partial charge in [0.1, 0.15) is 10.8 Å². The van der Waals surface area contributed by atoms with E-state index < -0.39 is 0 Å². The van der Waals surface area contributed by atoms with E-state index in [1.807, 2.05) is 18.7 Å². The van der Waals surface area contributed by atoms with E-state index in [1.54, 1.807) is 0 Å². The van der Waals surface area contributed by atoms with Gasteiger partial charge in [-0.15, -0.1) is 0 Å². The summed E-state index contributed by atoms with van der Waals surface area (Å²) in [5.41, 5.74) is 7.83. The third-order valence-corrected chi connectivity index (χ3v) is 5.23. The van der Waals surface area contributed by atoms with Gasteiger partial charge in [0.15, 0.2) is 0 Å². The number of piperidine rings is 1. The van der Waals surface area contributed by atoms with Gasteiger partial charge in [0, 0.05) is 20.1 Å². The highest BCUT2D eigenvalue weighted by atomic mass is 32.1. The van der Waals surface area contributed by atoms with Crippen LogP contribution in [0.15, 0.2) is 0 Å². The lowest BCUT2D eigenvalue weighted by atomic mass is 9.75. The second-order valence-electron chi connectivity index (χ2n) is 6.31. The minimum atomic E-state index is 0.469. The van der Waals surface area contributed by atoms with E-state index >= 15 is 0 Å². The molecule has 2 fully saturated rings. The van der Waals surface area contributed by atoms with E-state index in [4.69, 9.17) is 18.0 Å². The maximum absolute atomic E-state index is 5.92. The van der Waals surface area contributed by atoms with Crippen molar-refractivity contribution in [3.63, 3.8) is 0 Å². The Hall–Kier alpha value is -1.10. The number of hydrogen-bond acceptors (Lipinski definition) is 3. The normalized spacial score (nSPS) is 26.4. The first-order valence-electron chi connectivity index (χ1n) is 7.66. The molecule has 1 aromatic heterocycles. The van der Waals surface area contributed by atoms with Gasteiger partial charge in [0.2, 0.25) is 0 Å². The average molecular weight is 292 g/mol. The molecule has 110 valence electrons. The van der Waals surface area contributed by atoms with Crippen LogP contribution in [0.2, 0.25) is 0 Å². The highest BCUT2D eigenvalue weighted by Gasteiger charge is 2.33. The van der Waals surface area contributed by atoms with Gasteiger partial charge >= 0.3 is 0 Å². The highest BCUT2D eigenvalue weighted by molar-refractivity contribution is 7.80. The van der Waals surface area contributed by atoms with E-state index in [0.29, 0.717) is 4.99 Å². The molecule has 2 atom stereocenters. The molecule has 0 spiro atoms. The number of fused-ring (bicyclic) bond motifs is 1. The van der Waals surface area contributed by atoms with Crippen molar-refractivity contribution in [2.75, 3.05) is 18.0 Å². The van der Waals surface area contributed by atoms with E-state index in [9.17, 15) is 0 Å². The summed E-state index contributed by atoms with van der Waals surface area (Å²) >= 11 is 5.23. The summed E-state index contributed by atoms with van der Waals surface area (Å²) in [6.45, 7) is 4.24. The zero-order valence-electron chi connectivity index (χ0n) is 12.4. The van der Waals surface area contributed by atoms with Gasteiger partial charge in [0.05, 0.1) is 11.3 Å². The van der Waals surface area contributed by atoms with Crippen LogP contribution in [0, 0.1) is 18.8 Å². The highest BCUT2D eigenvalue weighted by Crippen LogP contribution is 2.38. The summed E-state index contributed by atoms with van der Waals surface area (Å²) in [5, 5.41) is 4.52. The lowest BCUT2D eigenvalue weighted by molar-refractivity contribution is 0.201. The van der Waals surface area contributed by atoms with Crippen LogP contribution in [-0.4, -0.2) is 27.9 Å².